The van der Waals surface area contributed by atoms with Gasteiger partial charge in [-0.25, -0.2) is 0 Å². The Balaban J connectivity index is 1.85. The molecule has 0 saturated heterocycles. The van der Waals surface area contributed by atoms with Gasteiger partial charge in [-0.2, -0.15) is 0 Å². The maximum atomic E-state index is 12.0. The molecule has 18 heavy (non-hydrogen) atoms. The fourth-order valence-electron chi connectivity index (χ4n) is 2.57. The standard InChI is InChI=1S/C14H20BrNOS/c1-16(9-13-7-12(15)10-18-13)8-11-5-3-2-4-6-14(11)17/h7,10-11H,2-6,8-9H2,1H3. The van der Waals surface area contributed by atoms with E-state index in [9.17, 15) is 4.79 Å². The highest BCUT2D eigenvalue weighted by molar-refractivity contribution is 9.10. The third-order valence-electron chi connectivity index (χ3n) is 3.51. The van der Waals surface area contributed by atoms with E-state index in [1.807, 2.05) is 0 Å². The first-order chi connectivity index (χ1) is 8.65. The molecular weight excluding hydrogens is 310 g/mol. The molecule has 1 aromatic rings. The second-order valence-corrected chi connectivity index (χ2v) is 7.10. The quantitative estimate of drug-likeness (QED) is 0.775. The molecule has 1 aliphatic rings. The summed E-state index contributed by atoms with van der Waals surface area (Å²) in [6, 6.07) is 2.16. The molecule has 1 atom stereocenters. The predicted molar refractivity (Wildman–Crippen MR) is 79.9 cm³/mol. The van der Waals surface area contributed by atoms with Gasteiger partial charge in [0, 0.05) is 40.2 Å². The Morgan fingerprint density at radius 1 is 1.44 bits per heavy atom. The van der Waals surface area contributed by atoms with Crippen LogP contribution in [-0.2, 0) is 11.3 Å². The van der Waals surface area contributed by atoms with Gasteiger partial charge in [-0.1, -0.05) is 12.8 Å². The molecule has 2 rings (SSSR count). The SMILES string of the molecule is CN(Cc1cc(Br)cs1)CC1CCCCCC1=O. The number of hydrogen-bond donors (Lipinski definition) is 0. The number of thiophene rings is 1. The van der Waals surface area contributed by atoms with Gasteiger partial charge in [0.25, 0.3) is 0 Å². The van der Waals surface area contributed by atoms with Crippen molar-refractivity contribution in [1.82, 2.24) is 4.90 Å². The highest BCUT2D eigenvalue weighted by Crippen LogP contribution is 2.23. The fourth-order valence-corrected chi connectivity index (χ4v) is 4.10. The smallest absolute Gasteiger partial charge is 0.137 e. The zero-order chi connectivity index (χ0) is 13.0. The largest absolute Gasteiger partial charge is 0.301 e. The van der Waals surface area contributed by atoms with E-state index in [0.717, 1.165) is 36.8 Å². The van der Waals surface area contributed by atoms with Crippen LogP contribution in [-0.4, -0.2) is 24.3 Å². The number of rotatable bonds is 4. The number of hydrogen-bond acceptors (Lipinski definition) is 3. The zero-order valence-electron chi connectivity index (χ0n) is 10.8. The van der Waals surface area contributed by atoms with E-state index in [2.05, 4.69) is 39.3 Å². The molecule has 1 unspecified atom stereocenters. The topological polar surface area (TPSA) is 20.3 Å². The van der Waals surface area contributed by atoms with Gasteiger partial charge in [0.1, 0.15) is 5.78 Å². The van der Waals surface area contributed by atoms with Crippen molar-refractivity contribution in [2.45, 2.75) is 38.6 Å². The highest BCUT2D eigenvalue weighted by atomic mass is 79.9. The molecule has 1 heterocycles. The summed E-state index contributed by atoms with van der Waals surface area (Å²) in [5, 5.41) is 2.11. The first-order valence-corrected chi connectivity index (χ1v) is 8.26. The highest BCUT2D eigenvalue weighted by Gasteiger charge is 2.22. The number of carbonyl (C=O) groups excluding carboxylic acids is 1. The summed E-state index contributed by atoms with van der Waals surface area (Å²) in [4.78, 5) is 15.6. The Morgan fingerprint density at radius 2 is 2.28 bits per heavy atom. The third-order valence-corrected chi connectivity index (χ3v) is 5.19. The number of Topliss-reactive ketones (excluding diaryl/α,β-unsaturated/α-hetero) is 1. The minimum Gasteiger partial charge on any atom is -0.301 e. The van der Waals surface area contributed by atoms with Gasteiger partial charge in [-0.15, -0.1) is 11.3 Å². The Morgan fingerprint density at radius 3 is 3.00 bits per heavy atom. The lowest BCUT2D eigenvalue weighted by molar-refractivity contribution is -0.123. The molecule has 0 aromatic carbocycles. The molecule has 2 nitrogen and oxygen atoms in total. The summed E-state index contributed by atoms with van der Waals surface area (Å²) >= 11 is 5.25. The normalized spacial score (nSPS) is 21.3. The molecule has 0 radical (unpaired) electrons. The van der Waals surface area contributed by atoms with Crippen LogP contribution in [0.3, 0.4) is 0 Å². The van der Waals surface area contributed by atoms with Gasteiger partial charge >= 0.3 is 0 Å². The first kappa shape index (κ1) is 14.2. The second kappa shape index (κ2) is 6.83. The Bertz CT molecular complexity index is 404. The van der Waals surface area contributed by atoms with Crippen molar-refractivity contribution in [3.63, 3.8) is 0 Å². The average molecular weight is 330 g/mol. The van der Waals surface area contributed by atoms with Gasteiger partial charge in [-0.05, 0) is 41.9 Å². The molecule has 1 saturated carbocycles. The summed E-state index contributed by atoms with van der Waals surface area (Å²) in [5.74, 6) is 0.743. The molecule has 100 valence electrons. The van der Waals surface area contributed by atoms with Crippen LogP contribution >= 0.6 is 27.3 Å². The zero-order valence-corrected chi connectivity index (χ0v) is 13.2. The number of carbonyl (C=O) groups is 1. The summed E-state index contributed by atoms with van der Waals surface area (Å²) in [7, 11) is 2.12. The molecule has 0 aliphatic heterocycles. The summed E-state index contributed by atoms with van der Waals surface area (Å²) in [5.41, 5.74) is 0. The van der Waals surface area contributed by atoms with E-state index in [-0.39, 0.29) is 5.92 Å². The van der Waals surface area contributed by atoms with E-state index in [1.54, 1.807) is 11.3 Å². The van der Waals surface area contributed by atoms with Crippen LogP contribution in [0.5, 0.6) is 0 Å². The van der Waals surface area contributed by atoms with Crippen molar-refractivity contribution in [2.75, 3.05) is 13.6 Å². The number of halogens is 1. The summed E-state index contributed by atoms with van der Waals surface area (Å²) < 4.78 is 1.15. The van der Waals surface area contributed by atoms with Gasteiger partial charge in [0.05, 0.1) is 0 Å². The average Bonchev–Trinajstić information content (AvgIpc) is 2.61. The number of nitrogens with zero attached hydrogens (tertiary/aromatic N) is 1. The van der Waals surface area contributed by atoms with Crippen LogP contribution in [0.15, 0.2) is 15.9 Å². The Labute approximate surface area is 122 Å². The van der Waals surface area contributed by atoms with E-state index in [4.69, 9.17) is 0 Å². The molecule has 0 bridgehead atoms. The van der Waals surface area contributed by atoms with E-state index >= 15 is 0 Å². The van der Waals surface area contributed by atoms with E-state index in [1.165, 1.54) is 17.7 Å². The van der Waals surface area contributed by atoms with Crippen LogP contribution in [0, 0.1) is 5.92 Å². The summed E-state index contributed by atoms with van der Waals surface area (Å²) in [6.45, 7) is 1.86. The van der Waals surface area contributed by atoms with Gasteiger partial charge in [0.15, 0.2) is 0 Å². The molecular formula is C14H20BrNOS. The molecule has 0 amide bonds. The van der Waals surface area contributed by atoms with Crippen molar-refractivity contribution in [3.05, 3.63) is 20.8 Å². The van der Waals surface area contributed by atoms with Crippen LogP contribution < -0.4 is 0 Å². The van der Waals surface area contributed by atoms with Crippen molar-refractivity contribution in [2.24, 2.45) is 5.92 Å². The fraction of sp³-hybridized carbons (Fsp3) is 0.643. The van der Waals surface area contributed by atoms with Gasteiger partial charge in [0.2, 0.25) is 0 Å². The van der Waals surface area contributed by atoms with Crippen LogP contribution in [0.4, 0.5) is 0 Å². The van der Waals surface area contributed by atoms with Gasteiger partial charge < -0.3 is 4.90 Å². The van der Waals surface area contributed by atoms with Crippen LogP contribution in [0.1, 0.15) is 37.0 Å². The lowest BCUT2D eigenvalue weighted by Crippen LogP contribution is -2.29. The molecule has 0 N–H and O–H groups in total. The molecule has 1 aromatic heterocycles. The lowest BCUT2D eigenvalue weighted by Gasteiger charge is -2.21. The molecule has 0 spiro atoms. The van der Waals surface area contributed by atoms with Crippen molar-refractivity contribution in [3.8, 4) is 0 Å². The molecule has 4 heteroatoms. The van der Waals surface area contributed by atoms with E-state index in [0.29, 0.717) is 5.78 Å². The molecule has 1 aliphatic carbocycles. The maximum Gasteiger partial charge on any atom is 0.137 e. The Kier molecular flexibility index (Phi) is 5.39. The van der Waals surface area contributed by atoms with Crippen LogP contribution in [0.25, 0.3) is 0 Å². The lowest BCUT2D eigenvalue weighted by atomic mass is 9.98. The van der Waals surface area contributed by atoms with Gasteiger partial charge in [-0.3, -0.25) is 4.79 Å². The Hall–Kier alpha value is -0.190. The van der Waals surface area contributed by atoms with Crippen molar-refractivity contribution in [1.29, 1.82) is 0 Å². The van der Waals surface area contributed by atoms with Crippen molar-refractivity contribution < 1.29 is 4.79 Å². The number of ketones is 1. The summed E-state index contributed by atoms with van der Waals surface area (Å²) in [6.07, 6.45) is 5.41. The minimum atomic E-state index is 0.265. The van der Waals surface area contributed by atoms with E-state index < -0.39 is 0 Å². The minimum absolute atomic E-state index is 0.265. The molecule has 1 fully saturated rings. The monoisotopic (exact) mass is 329 g/mol. The third kappa shape index (κ3) is 4.18. The second-order valence-electron chi connectivity index (χ2n) is 5.19. The van der Waals surface area contributed by atoms with Crippen molar-refractivity contribution >= 4 is 33.0 Å². The maximum absolute atomic E-state index is 12.0. The first-order valence-electron chi connectivity index (χ1n) is 6.59. The predicted octanol–water partition coefficient (Wildman–Crippen LogP) is 4.09. The van der Waals surface area contributed by atoms with Crippen LogP contribution in [0.2, 0.25) is 0 Å².